The molecule has 8 heteroatoms. The summed E-state index contributed by atoms with van der Waals surface area (Å²) in [4.78, 5) is 14.7. The van der Waals surface area contributed by atoms with E-state index in [1.807, 2.05) is 44.2 Å². The summed E-state index contributed by atoms with van der Waals surface area (Å²) in [7, 11) is -2.06. The number of sulfonamides is 1. The summed E-state index contributed by atoms with van der Waals surface area (Å²) in [6, 6.07) is 15.7. The predicted octanol–water partition coefficient (Wildman–Crippen LogP) is 2.56. The first-order chi connectivity index (χ1) is 14.2. The van der Waals surface area contributed by atoms with Crippen LogP contribution in [0.15, 0.2) is 59.5 Å². The van der Waals surface area contributed by atoms with Crippen LogP contribution in [0.4, 0.5) is 5.69 Å². The fourth-order valence-corrected chi connectivity index (χ4v) is 4.53. The van der Waals surface area contributed by atoms with Crippen LogP contribution < -0.4 is 5.32 Å². The van der Waals surface area contributed by atoms with Crippen LogP contribution in [-0.4, -0.2) is 62.4 Å². The molecule has 2 aromatic rings. The molecule has 30 heavy (non-hydrogen) atoms. The summed E-state index contributed by atoms with van der Waals surface area (Å²) >= 11 is 0. The van der Waals surface area contributed by atoms with Gasteiger partial charge in [-0.15, -0.1) is 0 Å². The Morgan fingerprint density at radius 2 is 1.80 bits per heavy atom. The zero-order valence-electron chi connectivity index (χ0n) is 17.7. The van der Waals surface area contributed by atoms with Crippen molar-refractivity contribution in [3.8, 4) is 0 Å². The molecule has 1 N–H and O–H groups in total. The molecule has 1 saturated heterocycles. The van der Waals surface area contributed by atoms with E-state index >= 15 is 0 Å². The number of ether oxygens (including phenoxy) is 1. The van der Waals surface area contributed by atoms with Crippen molar-refractivity contribution >= 4 is 21.6 Å². The third-order valence-corrected chi connectivity index (χ3v) is 7.06. The van der Waals surface area contributed by atoms with Gasteiger partial charge in [0.15, 0.2) is 0 Å². The van der Waals surface area contributed by atoms with Gasteiger partial charge in [0.2, 0.25) is 15.9 Å². The molecule has 162 valence electrons. The van der Waals surface area contributed by atoms with E-state index in [4.69, 9.17) is 4.74 Å². The molecule has 0 atom stereocenters. The van der Waals surface area contributed by atoms with E-state index in [-0.39, 0.29) is 29.4 Å². The number of anilines is 1. The first-order valence-corrected chi connectivity index (χ1v) is 11.4. The predicted molar refractivity (Wildman–Crippen MR) is 117 cm³/mol. The van der Waals surface area contributed by atoms with Crippen molar-refractivity contribution in [2.45, 2.75) is 30.8 Å². The van der Waals surface area contributed by atoms with E-state index in [1.165, 1.54) is 16.4 Å². The van der Waals surface area contributed by atoms with E-state index in [0.717, 1.165) is 5.56 Å². The highest BCUT2D eigenvalue weighted by atomic mass is 32.2. The number of carbonyl (C=O) groups excluding carboxylic acids is 1. The summed E-state index contributed by atoms with van der Waals surface area (Å²) in [6.45, 7) is 6.54. The van der Waals surface area contributed by atoms with Gasteiger partial charge >= 0.3 is 0 Å². The van der Waals surface area contributed by atoms with Gasteiger partial charge in [-0.25, -0.2) is 8.42 Å². The Morgan fingerprint density at radius 3 is 2.43 bits per heavy atom. The second-order valence-corrected chi connectivity index (χ2v) is 10.2. The lowest BCUT2D eigenvalue weighted by molar-refractivity contribution is -0.122. The van der Waals surface area contributed by atoms with Crippen LogP contribution in [0.1, 0.15) is 19.4 Å². The summed E-state index contributed by atoms with van der Waals surface area (Å²) < 4.78 is 32.4. The zero-order chi connectivity index (χ0) is 21.8. The van der Waals surface area contributed by atoms with E-state index in [9.17, 15) is 13.2 Å². The highest BCUT2D eigenvalue weighted by Crippen LogP contribution is 2.21. The van der Waals surface area contributed by atoms with E-state index in [1.54, 1.807) is 19.2 Å². The van der Waals surface area contributed by atoms with Gasteiger partial charge < -0.3 is 10.1 Å². The second kappa shape index (κ2) is 9.26. The van der Waals surface area contributed by atoms with Crippen molar-refractivity contribution in [1.82, 2.24) is 9.21 Å². The molecular formula is C22H29N3O4S. The van der Waals surface area contributed by atoms with Gasteiger partial charge in [-0.05, 0) is 43.7 Å². The number of amides is 1. The third-order valence-electron chi connectivity index (χ3n) is 5.25. The second-order valence-electron chi connectivity index (χ2n) is 8.11. The van der Waals surface area contributed by atoms with Gasteiger partial charge in [0.25, 0.3) is 0 Å². The quantitative estimate of drug-likeness (QED) is 0.729. The molecule has 0 aromatic heterocycles. The van der Waals surface area contributed by atoms with Crippen LogP contribution >= 0.6 is 0 Å². The van der Waals surface area contributed by atoms with Gasteiger partial charge in [0.05, 0.1) is 24.7 Å². The number of hydrogen-bond donors (Lipinski definition) is 1. The number of morpholine rings is 1. The maximum absolute atomic E-state index is 12.8. The molecule has 1 aliphatic heterocycles. The van der Waals surface area contributed by atoms with Crippen molar-refractivity contribution < 1.29 is 17.9 Å². The van der Waals surface area contributed by atoms with E-state index in [2.05, 4.69) is 10.2 Å². The van der Waals surface area contributed by atoms with Crippen LogP contribution in [0.3, 0.4) is 0 Å². The van der Waals surface area contributed by atoms with Crippen LogP contribution in [-0.2, 0) is 26.1 Å². The van der Waals surface area contributed by atoms with Crippen LogP contribution in [0.2, 0.25) is 0 Å². The highest BCUT2D eigenvalue weighted by molar-refractivity contribution is 7.89. The fourth-order valence-electron chi connectivity index (χ4n) is 3.37. The lowest BCUT2D eigenvalue weighted by Gasteiger charge is -2.41. The Morgan fingerprint density at radius 1 is 1.13 bits per heavy atom. The Bertz CT molecular complexity index is 960. The van der Waals surface area contributed by atoms with Crippen LogP contribution in [0.25, 0.3) is 0 Å². The standard InChI is InChI=1S/C22H29N3O4S/c1-22(2)17-29-14-13-25(22)16-21(26)23-19-9-11-20(12-10-19)30(27,28)24(3)15-18-7-5-4-6-8-18/h4-12H,13-17H2,1-3H3,(H,23,26). The van der Waals surface area contributed by atoms with Crippen LogP contribution in [0.5, 0.6) is 0 Å². The number of benzene rings is 2. The molecule has 1 fully saturated rings. The average Bonchev–Trinajstić information content (AvgIpc) is 2.70. The monoisotopic (exact) mass is 431 g/mol. The van der Waals surface area contributed by atoms with E-state index in [0.29, 0.717) is 25.4 Å². The molecule has 1 amide bonds. The number of nitrogens with one attached hydrogen (secondary N) is 1. The molecule has 3 rings (SSSR count). The Balaban J connectivity index is 1.61. The number of hydrogen-bond acceptors (Lipinski definition) is 5. The topological polar surface area (TPSA) is 79.0 Å². The Hall–Kier alpha value is -2.26. The molecule has 1 heterocycles. The van der Waals surface area contributed by atoms with Gasteiger partial charge in [0, 0.05) is 31.4 Å². The maximum Gasteiger partial charge on any atom is 0.243 e. The van der Waals surface area contributed by atoms with Crippen molar-refractivity contribution in [1.29, 1.82) is 0 Å². The van der Waals surface area contributed by atoms with Crippen molar-refractivity contribution in [3.63, 3.8) is 0 Å². The summed E-state index contributed by atoms with van der Waals surface area (Å²) in [5.74, 6) is -0.137. The lowest BCUT2D eigenvalue weighted by Crippen LogP contribution is -2.55. The third kappa shape index (κ3) is 5.46. The molecule has 0 radical (unpaired) electrons. The van der Waals surface area contributed by atoms with E-state index < -0.39 is 10.0 Å². The van der Waals surface area contributed by atoms with Crippen LogP contribution in [0, 0.1) is 0 Å². The summed E-state index contributed by atoms with van der Waals surface area (Å²) in [5, 5.41) is 2.84. The number of carbonyl (C=O) groups is 1. The Kier molecular flexibility index (Phi) is 6.92. The average molecular weight is 432 g/mol. The van der Waals surface area contributed by atoms with Crippen molar-refractivity contribution in [3.05, 3.63) is 60.2 Å². The first kappa shape index (κ1) is 22.4. The maximum atomic E-state index is 12.8. The number of rotatable bonds is 7. The van der Waals surface area contributed by atoms with Gasteiger partial charge in [0.1, 0.15) is 0 Å². The molecule has 0 spiro atoms. The lowest BCUT2D eigenvalue weighted by atomic mass is 10.0. The largest absolute Gasteiger partial charge is 0.378 e. The minimum Gasteiger partial charge on any atom is -0.378 e. The molecule has 7 nitrogen and oxygen atoms in total. The first-order valence-electron chi connectivity index (χ1n) is 9.91. The fraction of sp³-hybridized carbons (Fsp3) is 0.409. The highest BCUT2D eigenvalue weighted by Gasteiger charge is 2.31. The molecule has 0 unspecified atom stereocenters. The smallest absolute Gasteiger partial charge is 0.243 e. The minimum atomic E-state index is -3.62. The SMILES string of the molecule is CN(Cc1ccccc1)S(=O)(=O)c1ccc(NC(=O)CN2CCOCC2(C)C)cc1. The summed E-state index contributed by atoms with van der Waals surface area (Å²) in [6.07, 6.45) is 0. The zero-order valence-corrected chi connectivity index (χ0v) is 18.5. The minimum absolute atomic E-state index is 0.137. The van der Waals surface area contributed by atoms with Gasteiger partial charge in [-0.2, -0.15) is 4.31 Å². The molecule has 1 aliphatic rings. The molecule has 0 aliphatic carbocycles. The molecule has 0 bridgehead atoms. The summed E-state index contributed by atoms with van der Waals surface area (Å²) in [5.41, 5.74) is 1.28. The normalized spacial score (nSPS) is 17.1. The van der Waals surface area contributed by atoms with Crippen molar-refractivity contribution in [2.24, 2.45) is 0 Å². The Labute approximate surface area is 178 Å². The van der Waals surface area contributed by atoms with Crippen molar-refractivity contribution in [2.75, 3.05) is 38.7 Å². The molecule has 2 aromatic carbocycles. The molecular weight excluding hydrogens is 402 g/mol. The van der Waals surface area contributed by atoms with Gasteiger partial charge in [-0.1, -0.05) is 30.3 Å². The van der Waals surface area contributed by atoms with Gasteiger partial charge in [-0.3, -0.25) is 9.69 Å². The number of nitrogens with zero attached hydrogens (tertiary/aromatic N) is 2. The molecule has 0 saturated carbocycles.